The van der Waals surface area contributed by atoms with E-state index in [-0.39, 0.29) is 12.1 Å². The number of hydrogen-bond donors (Lipinski definition) is 0. The van der Waals surface area contributed by atoms with Gasteiger partial charge in [-0.1, -0.05) is 66.0 Å². The van der Waals surface area contributed by atoms with Crippen LogP contribution in [0.2, 0.25) is 0 Å². The highest BCUT2D eigenvalue weighted by Crippen LogP contribution is 2.67. The van der Waals surface area contributed by atoms with Crippen LogP contribution in [0.5, 0.6) is 0 Å². The quantitative estimate of drug-likeness (QED) is 0.283. The molecule has 188 valence electrons. The Balaban J connectivity index is 1.46. The summed E-state index contributed by atoms with van der Waals surface area (Å²) in [6.07, 6.45) is 17.2. The lowest BCUT2D eigenvalue weighted by atomic mass is 9.47. The lowest BCUT2D eigenvalue weighted by molar-refractivity contribution is -0.148. The van der Waals surface area contributed by atoms with Gasteiger partial charge in [0.25, 0.3) is 0 Å². The SMILES string of the molecule is CC[C@H](CC[C@H](C)[C@H]1CC[C@H]2[C@@H]3CC=C4C[C@@H](OC(C)=O)CC[C@]4(C)[C@H]3CC[C@]12C)C(C)C. The molecule has 0 unspecified atom stereocenters. The molecule has 4 aliphatic carbocycles. The molecule has 33 heavy (non-hydrogen) atoms. The second-order valence-electron chi connectivity index (χ2n) is 13.4. The lowest BCUT2D eigenvalue weighted by Crippen LogP contribution is -2.51. The summed E-state index contributed by atoms with van der Waals surface area (Å²) in [4.78, 5) is 11.5. The van der Waals surface area contributed by atoms with E-state index in [0.717, 1.165) is 54.3 Å². The van der Waals surface area contributed by atoms with Crippen LogP contribution in [0.25, 0.3) is 0 Å². The van der Waals surface area contributed by atoms with Gasteiger partial charge in [-0.2, -0.15) is 0 Å². The Kier molecular flexibility index (Phi) is 7.43. The van der Waals surface area contributed by atoms with Crippen LogP contribution >= 0.6 is 0 Å². The molecule has 0 N–H and O–H groups in total. The van der Waals surface area contributed by atoms with E-state index in [4.69, 9.17) is 4.74 Å². The Bertz CT molecular complexity index is 737. The molecule has 0 aromatic heterocycles. The minimum Gasteiger partial charge on any atom is -0.462 e. The van der Waals surface area contributed by atoms with Crippen molar-refractivity contribution in [2.24, 2.45) is 52.3 Å². The van der Waals surface area contributed by atoms with E-state index in [1.165, 1.54) is 57.8 Å². The average Bonchev–Trinajstić information content (AvgIpc) is 3.11. The number of hydrogen-bond acceptors (Lipinski definition) is 2. The smallest absolute Gasteiger partial charge is 0.302 e. The zero-order chi connectivity index (χ0) is 24.0. The number of rotatable bonds is 7. The molecular formula is C31H52O2. The van der Waals surface area contributed by atoms with Crippen molar-refractivity contribution in [2.45, 2.75) is 125 Å². The van der Waals surface area contributed by atoms with Gasteiger partial charge >= 0.3 is 5.97 Å². The summed E-state index contributed by atoms with van der Waals surface area (Å²) in [7, 11) is 0. The van der Waals surface area contributed by atoms with Crippen LogP contribution in [0.3, 0.4) is 0 Å². The molecule has 0 amide bonds. The van der Waals surface area contributed by atoms with E-state index in [2.05, 4.69) is 47.6 Å². The number of carbonyl (C=O) groups excluding carboxylic acids is 1. The summed E-state index contributed by atoms with van der Waals surface area (Å²) < 4.78 is 5.63. The first-order chi connectivity index (χ1) is 15.6. The average molecular weight is 457 g/mol. The maximum absolute atomic E-state index is 11.5. The Morgan fingerprint density at radius 2 is 1.82 bits per heavy atom. The minimum absolute atomic E-state index is 0.113. The first-order valence-corrected chi connectivity index (χ1v) is 14.5. The zero-order valence-electron chi connectivity index (χ0n) is 22.8. The molecule has 0 spiro atoms. The van der Waals surface area contributed by atoms with Crippen molar-refractivity contribution in [3.63, 3.8) is 0 Å². The van der Waals surface area contributed by atoms with Crippen LogP contribution in [0, 0.1) is 52.3 Å². The Morgan fingerprint density at radius 3 is 2.48 bits per heavy atom. The maximum Gasteiger partial charge on any atom is 0.302 e. The summed E-state index contributed by atoms with van der Waals surface area (Å²) in [6.45, 7) is 16.6. The zero-order valence-corrected chi connectivity index (χ0v) is 22.8. The van der Waals surface area contributed by atoms with Crippen molar-refractivity contribution in [1.29, 1.82) is 0 Å². The third-order valence-corrected chi connectivity index (χ3v) is 11.6. The minimum atomic E-state index is -0.115. The van der Waals surface area contributed by atoms with Crippen LogP contribution in [0.1, 0.15) is 119 Å². The molecule has 0 saturated heterocycles. The van der Waals surface area contributed by atoms with Crippen molar-refractivity contribution >= 4 is 5.97 Å². The molecule has 2 nitrogen and oxygen atoms in total. The van der Waals surface area contributed by atoms with Gasteiger partial charge in [0.2, 0.25) is 0 Å². The first-order valence-electron chi connectivity index (χ1n) is 14.5. The van der Waals surface area contributed by atoms with Crippen molar-refractivity contribution in [3.8, 4) is 0 Å². The fourth-order valence-electron chi connectivity index (χ4n) is 9.63. The van der Waals surface area contributed by atoms with Crippen molar-refractivity contribution in [3.05, 3.63) is 11.6 Å². The third kappa shape index (κ3) is 4.58. The van der Waals surface area contributed by atoms with Crippen LogP contribution in [0.4, 0.5) is 0 Å². The van der Waals surface area contributed by atoms with Gasteiger partial charge in [0.15, 0.2) is 0 Å². The molecule has 0 radical (unpaired) electrons. The van der Waals surface area contributed by atoms with Gasteiger partial charge in [-0.3, -0.25) is 4.79 Å². The van der Waals surface area contributed by atoms with Gasteiger partial charge in [-0.25, -0.2) is 0 Å². The van der Waals surface area contributed by atoms with Crippen LogP contribution in [-0.4, -0.2) is 12.1 Å². The molecule has 4 aliphatic rings. The first kappa shape index (κ1) is 25.3. The summed E-state index contributed by atoms with van der Waals surface area (Å²) in [5.41, 5.74) is 2.51. The summed E-state index contributed by atoms with van der Waals surface area (Å²) in [6, 6.07) is 0. The molecule has 3 saturated carbocycles. The summed E-state index contributed by atoms with van der Waals surface area (Å²) >= 11 is 0. The number of allylic oxidation sites excluding steroid dienone is 1. The maximum atomic E-state index is 11.5. The summed E-state index contributed by atoms with van der Waals surface area (Å²) in [5.74, 6) is 6.03. The van der Waals surface area contributed by atoms with E-state index >= 15 is 0 Å². The van der Waals surface area contributed by atoms with E-state index in [0.29, 0.717) is 10.8 Å². The van der Waals surface area contributed by atoms with Gasteiger partial charge < -0.3 is 4.74 Å². The molecule has 0 aliphatic heterocycles. The fourth-order valence-corrected chi connectivity index (χ4v) is 9.63. The predicted molar refractivity (Wildman–Crippen MR) is 138 cm³/mol. The van der Waals surface area contributed by atoms with E-state index in [1.54, 1.807) is 12.5 Å². The second kappa shape index (κ2) is 9.69. The second-order valence-corrected chi connectivity index (χ2v) is 13.4. The van der Waals surface area contributed by atoms with Crippen LogP contribution < -0.4 is 0 Å². The van der Waals surface area contributed by atoms with E-state index < -0.39 is 0 Å². The molecule has 4 rings (SSSR count). The van der Waals surface area contributed by atoms with Crippen molar-refractivity contribution < 1.29 is 9.53 Å². The highest BCUT2D eigenvalue weighted by Gasteiger charge is 2.59. The van der Waals surface area contributed by atoms with Crippen LogP contribution in [-0.2, 0) is 9.53 Å². The molecule has 0 heterocycles. The van der Waals surface area contributed by atoms with Gasteiger partial charge in [0.05, 0.1) is 0 Å². The van der Waals surface area contributed by atoms with Gasteiger partial charge in [0.1, 0.15) is 6.10 Å². The Morgan fingerprint density at radius 1 is 1.06 bits per heavy atom. The summed E-state index contributed by atoms with van der Waals surface area (Å²) in [5, 5.41) is 0. The highest BCUT2D eigenvalue weighted by molar-refractivity contribution is 5.66. The van der Waals surface area contributed by atoms with Gasteiger partial charge in [-0.15, -0.1) is 0 Å². The molecule has 0 aromatic rings. The van der Waals surface area contributed by atoms with Crippen molar-refractivity contribution in [1.82, 2.24) is 0 Å². The third-order valence-electron chi connectivity index (χ3n) is 11.6. The molecule has 9 atom stereocenters. The number of fused-ring (bicyclic) bond motifs is 5. The Labute approximate surface area is 204 Å². The van der Waals surface area contributed by atoms with Gasteiger partial charge in [0, 0.05) is 13.3 Å². The van der Waals surface area contributed by atoms with Crippen LogP contribution in [0.15, 0.2) is 11.6 Å². The molecule has 2 heteroatoms. The number of carbonyl (C=O) groups is 1. The molecule has 0 bridgehead atoms. The highest BCUT2D eigenvalue weighted by atomic mass is 16.5. The largest absolute Gasteiger partial charge is 0.462 e. The number of esters is 1. The topological polar surface area (TPSA) is 26.3 Å². The normalized spacial score (nSPS) is 42.1. The fraction of sp³-hybridized carbons (Fsp3) is 0.903. The molecule has 3 fully saturated rings. The molecule has 0 aromatic carbocycles. The Hall–Kier alpha value is -0.790. The standard InChI is InChI=1S/C31H52O2/c1-8-23(20(2)3)10-9-21(4)27-13-14-28-26-12-11-24-19-25(33-22(5)32)15-17-30(24,6)29(26)16-18-31(27,28)7/h11,20-21,23,25-29H,8-10,12-19H2,1-7H3/t21-,23+,25-,26-,27+,28-,29-,30-,31+/m0/s1. The van der Waals surface area contributed by atoms with E-state index in [1.807, 2.05) is 0 Å². The predicted octanol–water partition coefficient (Wildman–Crippen LogP) is 8.60. The van der Waals surface area contributed by atoms with Gasteiger partial charge in [-0.05, 0) is 104 Å². The van der Waals surface area contributed by atoms with Crippen molar-refractivity contribution in [2.75, 3.05) is 0 Å². The lowest BCUT2D eigenvalue weighted by Gasteiger charge is -2.58. The molecular weight excluding hydrogens is 404 g/mol. The van der Waals surface area contributed by atoms with E-state index in [9.17, 15) is 4.79 Å². The monoisotopic (exact) mass is 456 g/mol. The number of ether oxygens (including phenoxy) is 1.